The average molecular weight is 493 g/mol. The van der Waals surface area contributed by atoms with E-state index in [0.29, 0.717) is 29.1 Å². The number of thiocarbonyl (C=S) groups is 1. The molecule has 180 valence electrons. The third-order valence-electron chi connectivity index (χ3n) is 6.24. The number of aromatic nitrogens is 5. The normalized spacial score (nSPS) is 14.3. The van der Waals surface area contributed by atoms with Gasteiger partial charge in [0.15, 0.2) is 5.11 Å². The SMILES string of the molecule is COc1cc([N+](=O)[O-])ccc1NC(=S)N1CCC(c2nccn2Cn2nnc3ccccc32)CC1. The molecule has 1 aliphatic rings. The lowest BCUT2D eigenvalue weighted by Crippen LogP contribution is -2.40. The molecule has 4 aromatic rings. The Labute approximate surface area is 206 Å². The molecule has 12 heteroatoms. The van der Waals surface area contributed by atoms with Crippen LogP contribution in [0.5, 0.6) is 5.75 Å². The number of hydrogen-bond acceptors (Lipinski definition) is 7. The van der Waals surface area contributed by atoms with E-state index in [1.54, 1.807) is 6.07 Å². The summed E-state index contributed by atoms with van der Waals surface area (Å²) in [5.74, 6) is 1.70. The number of nitro groups is 1. The van der Waals surface area contributed by atoms with E-state index in [9.17, 15) is 10.1 Å². The lowest BCUT2D eigenvalue weighted by atomic mass is 9.96. The molecule has 1 aliphatic heterocycles. The molecule has 0 unspecified atom stereocenters. The number of nitrogens with one attached hydrogen (secondary N) is 1. The van der Waals surface area contributed by atoms with Crippen molar-refractivity contribution in [2.24, 2.45) is 0 Å². The van der Waals surface area contributed by atoms with Crippen LogP contribution in [0.1, 0.15) is 24.6 Å². The van der Waals surface area contributed by atoms with Gasteiger partial charge in [0, 0.05) is 37.5 Å². The van der Waals surface area contributed by atoms with E-state index in [0.717, 1.165) is 42.8 Å². The highest BCUT2D eigenvalue weighted by atomic mass is 32.1. The molecular weight excluding hydrogens is 468 g/mol. The molecule has 1 fully saturated rings. The number of non-ortho nitro benzene ring substituents is 1. The third kappa shape index (κ3) is 4.64. The van der Waals surface area contributed by atoms with Crippen molar-refractivity contribution >= 4 is 39.7 Å². The second-order valence-corrected chi connectivity index (χ2v) is 8.69. The molecule has 0 amide bonds. The van der Waals surface area contributed by atoms with Gasteiger partial charge in [0.25, 0.3) is 5.69 Å². The van der Waals surface area contributed by atoms with Gasteiger partial charge in [-0.1, -0.05) is 17.3 Å². The van der Waals surface area contributed by atoms with Crippen molar-refractivity contribution in [3.8, 4) is 5.75 Å². The van der Waals surface area contributed by atoms with Crippen LogP contribution in [-0.4, -0.2) is 59.7 Å². The Morgan fingerprint density at radius 3 is 2.83 bits per heavy atom. The van der Waals surface area contributed by atoms with Crippen molar-refractivity contribution in [3.05, 3.63) is 70.8 Å². The lowest BCUT2D eigenvalue weighted by Gasteiger charge is -2.34. The number of rotatable bonds is 6. The number of likely N-dealkylation sites (tertiary alicyclic amines) is 1. The van der Waals surface area contributed by atoms with Gasteiger partial charge >= 0.3 is 0 Å². The summed E-state index contributed by atoms with van der Waals surface area (Å²) in [5, 5.41) is 23.3. The van der Waals surface area contributed by atoms with Crippen LogP contribution in [0.25, 0.3) is 11.0 Å². The summed E-state index contributed by atoms with van der Waals surface area (Å²) in [7, 11) is 1.48. The van der Waals surface area contributed by atoms with E-state index in [-0.39, 0.29) is 5.69 Å². The Morgan fingerprint density at radius 2 is 2.06 bits per heavy atom. The van der Waals surface area contributed by atoms with E-state index in [4.69, 9.17) is 17.0 Å². The molecule has 1 saturated heterocycles. The van der Waals surface area contributed by atoms with E-state index in [1.807, 2.05) is 41.3 Å². The first-order valence-corrected chi connectivity index (χ1v) is 11.6. The van der Waals surface area contributed by atoms with Crippen LogP contribution in [0, 0.1) is 10.1 Å². The predicted octanol–water partition coefficient (Wildman–Crippen LogP) is 3.63. The largest absolute Gasteiger partial charge is 0.494 e. The maximum atomic E-state index is 11.0. The summed E-state index contributed by atoms with van der Waals surface area (Å²) in [4.78, 5) is 17.3. The number of ether oxygens (including phenoxy) is 1. The van der Waals surface area contributed by atoms with Crippen molar-refractivity contribution in [1.82, 2.24) is 29.4 Å². The van der Waals surface area contributed by atoms with Gasteiger partial charge in [0.05, 0.1) is 29.3 Å². The summed E-state index contributed by atoms with van der Waals surface area (Å²) in [6.07, 6.45) is 5.60. The number of nitro benzene ring substituents is 1. The van der Waals surface area contributed by atoms with Crippen LogP contribution >= 0.6 is 12.2 Å². The number of fused-ring (bicyclic) bond motifs is 1. The van der Waals surface area contributed by atoms with Gasteiger partial charge in [0.1, 0.15) is 23.8 Å². The van der Waals surface area contributed by atoms with Crippen LogP contribution < -0.4 is 10.1 Å². The van der Waals surface area contributed by atoms with Crippen molar-refractivity contribution in [1.29, 1.82) is 0 Å². The first kappa shape index (κ1) is 22.7. The smallest absolute Gasteiger partial charge is 0.273 e. The minimum atomic E-state index is -0.454. The number of imidazole rings is 1. The Bertz CT molecular complexity index is 1380. The first-order valence-electron chi connectivity index (χ1n) is 11.2. The van der Waals surface area contributed by atoms with E-state index in [2.05, 4.69) is 30.1 Å². The zero-order valence-corrected chi connectivity index (χ0v) is 19.9. The summed E-state index contributed by atoms with van der Waals surface area (Å²) in [6, 6.07) is 12.3. The quantitative estimate of drug-likeness (QED) is 0.245. The Morgan fingerprint density at radius 1 is 1.26 bits per heavy atom. The molecule has 0 bridgehead atoms. The molecule has 1 N–H and O–H groups in total. The average Bonchev–Trinajstić information content (AvgIpc) is 3.52. The molecule has 2 aromatic carbocycles. The topological polar surface area (TPSA) is 116 Å². The van der Waals surface area contributed by atoms with Crippen LogP contribution in [-0.2, 0) is 6.67 Å². The zero-order chi connectivity index (χ0) is 24.4. The number of anilines is 1. The molecule has 3 heterocycles. The monoisotopic (exact) mass is 492 g/mol. The maximum absolute atomic E-state index is 11.0. The number of hydrogen-bond donors (Lipinski definition) is 1. The highest BCUT2D eigenvalue weighted by molar-refractivity contribution is 7.80. The van der Waals surface area contributed by atoms with Crippen LogP contribution in [0.4, 0.5) is 11.4 Å². The maximum Gasteiger partial charge on any atom is 0.273 e. The van der Waals surface area contributed by atoms with E-state index < -0.39 is 4.92 Å². The van der Waals surface area contributed by atoms with Crippen LogP contribution in [0.2, 0.25) is 0 Å². The minimum Gasteiger partial charge on any atom is -0.494 e. The Hall–Kier alpha value is -4.06. The van der Waals surface area contributed by atoms with Gasteiger partial charge in [-0.2, -0.15) is 0 Å². The lowest BCUT2D eigenvalue weighted by molar-refractivity contribution is -0.384. The van der Waals surface area contributed by atoms with Crippen molar-refractivity contribution in [2.75, 3.05) is 25.5 Å². The summed E-state index contributed by atoms with van der Waals surface area (Å²) in [5.41, 5.74) is 2.42. The number of methoxy groups -OCH3 is 1. The molecular formula is C23H24N8O3S. The Kier molecular flexibility index (Phi) is 6.27. The highest BCUT2D eigenvalue weighted by Crippen LogP contribution is 2.31. The predicted molar refractivity (Wildman–Crippen MR) is 135 cm³/mol. The highest BCUT2D eigenvalue weighted by Gasteiger charge is 2.26. The fourth-order valence-corrected chi connectivity index (χ4v) is 4.69. The molecule has 35 heavy (non-hydrogen) atoms. The molecule has 0 aliphatic carbocycles. The number of benzene rings is 2. The molecule has 0 radical (unpaired) electrons. The minimum absolute atomic E-state index is 0.0338. The van der Waals surface area contributed by atoms with Crippen molar-refractivity contribution < 1.29 is 9.66 Å². The van der Waals surface area contributed by atoms with E-state index in [1.165, 1.54) is 19.2 Å². The van der Waals surface area contributed by atoms with E-state index >= 15 is 0 Å². The summed E-state index contributed by atoms with van der Waals surface area (Å²) >= 11 is 5.62. The zero-order valence-electron chi connectivity index (χ0n) is 19.1. The van der Waals surface area contributed by atoms with Crippen molar-refractivity contribution in [3.63, 3.8) is 0 Å². The Balaban J connectivity index is 1.22. The van der Waals surface area contributed by atoms with Gasteiger partial charge < -0.3 is 19.5 Å². The van der Waals surface area contributed by atoms with Gasteiger partial charge in [-0.15, -0.1) is 5.10 Å². The standard InChI is InChI=1S/C23H24N8O3S/c1-34-21-14-17(31(32)33)6-7-19(21)25-23(35)28-11-8-16(9-12-28)22-24-10-13-29(22)15-30-20-5-3-2-4-18(20)26-27-30/h2-7,10,13-14,16H,8-9,11-12,15H2,1H3,(H,25,35). The van der Waals surface area contributed by atoms with Gasteiger partial charge in [0.2, 0.25) is 0 Å². The van der Waals surface area contributed by atoms with Crippen LogP contribution in [0.3, 0.4) is 0 Å². The fraction of sp³-hybridized carbons (Fsp3) is 0.304. The first-order chi connectivity index (χ1) is 17.0. The van der Waals surface area contributed by atoms with Gasteiger partial charge in [-0.05, 0) is 43.3 Å². The molecule has 2 aromatic heterocycles. The number of piperidine rings is 1. The fourth-order valence-electron chi connectivity index (χ4n) is 4.40. The summed E-state index contributed by atoms with van der Waals surface area (Å²) < 4.78 is 9.31. The molecule has 0 atom stereocenters. The second-order valence-electron chi connectivity index (χ2n) is 8.31. The second kappa shape index (κ2) is 9.66. The van der Waals surface area contributed by atoms with Gasteiger partial charge in [-0.25, -0.2) is 9.67 Å². The van der Waals surface area contributed by atoms with Gasteiger partial charge in [-0.3, -0.25) is 10.1 Å². The summed E-state index contributed by atoms with van der Waals surface area (Å²) in [6.45, 7) is 2.09. The number of para-hydroxylation sites is 1. The molecule has 0 spiro atoms. The molecule has 0 saturated carbocycles. The van der Waals surface area contributed by atoms with Crippen molar-refractivity contribution in [2.45, 2.75) is 25.4 Å². The number of nitrogens with zero attached hydrogens (tertiary/aromatic N) is 7. The third-order valence-corrected chi connectivity index (χ3v) is 6.60. The molecule has 5 rings (SSSR count). The van der Waals surface area contributed by atoms with Crippen LogP contribution in [0.15, 0.2) is 54.9 Å². The molecule has 11 nitrogen and oxygen atoms in total.